The van der Waals surface area contributed by atoms with E-state index in [9.17, 15) is 0 Å². The van der Waals surface area contributed by atoms with Crippen LogP contribution < -0.4 is 4.90 Å². The maximum Gasteiger partial charge on any atom is 0.105 e. The van der Waals surface area contributed by atoms with Gasteiger partial charge >= 0.3 is 0 Å². The first kappa shape index (κ1) is 12.4. The van der Waals surface area contributed by atoms with Crippen molar-refractivity contribution in [3.8, 4) is 0 Å². The summed E-state index contributed by atoms with van der Waals surface area (Å²) >= 11 is 1.99. The zero-order valence-electron chi connectivity index (χ0n) is 10.8. The Morgan fingerprint density at radius 1 is 0.947 bits per heavy atom. The van der Waals surface area contributed by atoms with Gasteiger partial charge in [-0.1, -0.05) is 55.1 Å². The van der Waals surface area contributed by atoms with Gasteiger partial charge in [-0.05, 0) is 24.1 Å². The molecule has 1 unspecified atom stereocenters. The van der Waals surface area contributed by atoms with Crippen molar-refractivity contribution >= 4 is 17.4 Å². The lowest BCUT2D eigenvalue weighted by Crippen LogP contribution is -2.29. The molecule has 1 nitrogen and oxygen atoms in total. The standard InChI is InChI=1S/C17H17NS/c1-14-12-13-19-17(15-8-4-2-5-9-15)18(14)16-10-6-3-7-11-16/h2-11,17H,1,12-13H2. The molecule has 2 heteroatoms. The second-order valence-corrected chi connectivity index (χ2v) is 5.84. The fourth-order valence-corrected chi connectivity index (χ4v) is 3.76. The number of thioether (sulfide) groups is 1. The molecule has 1 fully saturated rings. The fourth-order valence-electron chi connectivity index (χ4n) is 2.42. The molecule has 1 saturated heterocycles. The van der Waals surface area contributed by atoms with Crippen LogP contribution in [0.5, 0.6) is 0 Å². The van der Waals surface area contributed by atoms with Gasteiger partial charge in [-0.3, -0.25) is 0 Å². The molecule has 0 radical (unpaired) electrons. The van der Waals surface area contributed by atoms with Crippen molar-refractivity contribution in [3.63, 3.8) is 0 Å². The molecule has 1 aliphatic heterocycles. The van der Waals surface area contributed by atoms with E-state index in [1.54, 1.807) is 0 Å². The SMILES string of the molecule is C=C1CCSC(c2ccccc2)N1c1ccccc1. The third kappa shape index (κ3) is 2.54. The summed E-state index contributed by atoms with van der Waals surface area (Å²) in [4.78, 5) is 2.36. The first-order valence-corrected chi connectivity index (χ1v) is 7.60. The van der Waals surface area contributed by atoms with Gasteiger partial charge in [0.05, 0.1) is 0 Å². The Bertz CT molecular complexity index is 550. The number of benzene rings is 2. The number of nitrogens with zero attached hydrogens (tertiary/aromatic N) is 1. The van der Waals surface area contributed by atoms with E-state index in [0.717, 1.165) is 12.2 Å². The molecule has 1 aliphatic rings. The fraction of sp³-hybridized carbons (Fsp3) is 0.176. The Kier molecular flexibility index (Phi) is 3.60. The summed E-state index contributed by atoms with van der Waals surface area (Å²) in [5.41, 5.74) is 3.78. The molecule has 0 saturated carbocycles. The van der Waals surface area contributed by atoms with Crippen molar-refractivity contribution in [2.45, 2.75) is 11.8 Å². The predicted molar refractivity (Wildman–Crippen MR) is 84.3 cm³/mol. The first-order chi connectivity index (χ1) is 9.36. The van der Waals surface area contributed by atoms with E-state index in [2.05, 4.69) is 72.1 Å². The Morgan fingerprint density at radius 2 is 1.58 bits per heavy atom. The van der Waals surface area contributed by atoms with Gasteiger partial charge < -0.3 is 4.90 Å². The summed E-state index contributed by atoms with van der Waals surface area (Å²) in [5, 5.41) is 0.338. The largest absolute Gasteiger partial charge is 0.329 e. The van der Waals surface area contributed by atoms with Crippen LogP contribution in [0.15, 0.2) is 72.9 Å². The summed E-state index contributed by atoms with van der Waals surface area (Å²) in [7, 11) is 0. The molecule has 0 spiro atoms. The van der Waals surface area contributed by atoms with Gasteiger partial charge in [0.15, 0.2) is 0 Å². The average molecular weight is 267 g/mol. The van der Waals surface area contributed by atoms with Gasteiger partial charge in [0.1, 0.15) is 5.37 Å². The van der Waals surface area contributed by atoms with Crippen LogP contribution in [-0.4, -0.2) is 5.75 Å². The molecule has 1 atom stereocenters. The van der Waals surface area contributed by atoms with E-state index in [1.807, 2.05) is 11.8 Å². The summed E-state index contributed by atoms with van der Waals surface area (Å²) < 4.78 is 0. The molecule has 1 heterocycles. The zero-order chi connectivity index (χ0) is 13.1. The second-order valence-electron chi connectivity index (χ2n) is 4.66. The van der Waals surface area contributed by atoms with Gasteiger partial charge in [-0.25, -0.2) is 0 Å². The molecule has 2 aromatic carbocycles. The van der Waals surface area contributed by atoms with Crippen LogP contribution in [0.4, 0.5) is 5.69 Å². The Hall–Kier alpha value is -1.67. The van der Waals surface area contributed by atoms with Crippen LogP contribution in [0.1, 0.15) is 17.4 Å². The second kappa shape index (κ2) is 5.54. The quantitative estimate of drug-likeness (QED) is 0.765. The normalized spacial score (nSPS) is 19.5. The molecular formula is C17H17NS. The van der Waals surface area contributed by atoms with Gasteiger partial charge in [0, 0.05) is 17.1 Å². The van der Waals surface area contributed by atoms with Gasteiger partial charge in [-0.2, -0.15) is 0 Å². The maximum absolute atomic E-state index is 4.26. The van der Waals surface area contributed by atoms with Crippen molar-refractivity contribution in [1.82, 2.24) is 0 Å². The van der Waals surface area contributed by atoms with Crippen molar-refractivity contribution in [1.29, 1.82) is 0 Å². The lowest BCUT2D eigenvalue weighted by atomic mass is 10.1. The monoisotopic (exact) mass is 267 g/mol. The van der Waals surface area contributed by atoms with E-state index in [4.69, 9.17) is 0 Å². The van der Waals surface area contributed by atoms with Crippen LogP contribution in [0.2, 0.25) is 0 Å². The van der Waals surface area contributed by atoms with Gasteiger partial charge in [0.2, 0.25) is 0 Å². The first-order valence-electron chi connectivity index (χ1n) is 6.55. The van der Waals surface area contributed by atoms with Crippen LogP contribution in [0, 0.1) is 0 Å². The molecule has 0 aliphatic carbocycles. The molecule has 0 N–H and O–H groups in total. The minimum atomic E-state index is 0.338. The van der Waals surface area contributed by atoms with E-state index in [0.29, 0.717) is 5.37 Å². The van der Waals surface area contributed by atoms with E-state index in [-0.39, 0.29) is 0 Å². The average Bonchev–Trinajstić information content (AvgIpc) is 2.49. The third-order valence-corrected chi connectivity index (χ3v) is 4.60. The Labute approximate surface area is 119 Å². The minimum Gasteiger partial charge on any atom is -0.329 e. The van der Waals surface area contributed by atoms with Gasteiger partial charge in [0.25, 0.3) is 0 Å². The van der Waals surface area contributed by atoms with Crippen LogP contribution in [0.3, 0.4) is 0 Å². The predicted octanol–water partition coefficient (Wildman–Crippen LogP) is 4.84. The molecule has 19 heavy (non-hydrogen) atoms. The Balaban J connectivity index is 1.99. The number of para-hydroxylation sites is 1. The lowest BCUT2D eigenvalue weighted by Gasteiger charge is -2.38. The lowest BCUT2D eigenvalue weighted by molar-refractivity contribution is 0.827. The number of rotatable bonds is 2. The Morgan fingerprint density at radius 3 is 2.26 bits per heavy atom. The van der Waals surface area contributed by atoms with Crippen molar-refractivity contribution in [2.75, 3.05) is 10.7 Å². The van der Waals surface area contributed by atoms with Crippen LogP contribution in [0.25, 0.3) is 0 Å². The molecule has 2 aromatic rings. The molecule has 0 aromatic heterocycles. The summed E-state index contributed by atoms with van der Waals surface area (Å²) in [6.07, 6.45) is 1.06. The summed E-state index contributed by atoms with van der Waals surface area (Å²) in [6.45, 7) is 4.26. The van der Waals surface area contributed by atoms with E-state index >= 15 is 0 Å². The topological polar surface area (TPSA) is 3.24 Å². The molecule has 3 rings (SSSR count). The highest BCUT2D eigenvalue weighted by molar-refractivity contribution is 7.99. The van der Waals surface area contributed by atoms with Crippen LogP contribution in [-0.2, 0) is 0 Å². The van der Waals surface area contributed by atoms with Crippen molar-refractivity contribution < 1.29 is 0 Å². The molecule has 96 valence electrons. The number of hydrogen-bond donors (Lipinski definition) is 0. The summed E-state index contributed by atoms with van der Waals surface area (Å²) in [5.74, 6) is 1.14. The third-order valence-electron chi connectivity index (χ3n) is 3.36. The van der Waals surface area contributed by atoms with Crippen LogP contribution >= 0.6 is 11.8 Å². The van der Waals surface area contributed by atoms with Crippen molar-refractivity contribution in [2.24, 2.45) is 0 Å². The maximum atomic E-state index is 4.26. The van der Waals surface area contributed by atoms with Gasteiger partial charge in [-0.15, -0.1) is 11.8 Å². The number of anilines is 1. The highest BCUT2D eigenvalue weighted by Gasteiger charge is 2.27. The molecule has 0 amide bonds. The number of allylic oxidation sites excluding steroid dienone is 1. The highest BCUT2D eigenvalue weighted by atomic mass is 32.2. The van der Waals surface area contributed by atoms with Crippen molar-refractivity contribution in [3.05, 3.63) is 78.5 Å². The molecular weight excluding hydrogens is 250 g/mol. The molecule has 0 bridgehead atoms. The highest BCUT2D eigenvalue weighted by Crippen LogP contribution is 2.43. The minimum absolute atomic E-state index is 0.338. The smallest absolute Gasteiger partial charge is 0.105 e. The summed E-state index contributed by atoms with van der Waals surface area (Å²) in [6, 6.07) is 21.2. The zero-order valence-corrected chi connectivity index (χ0v) is 11.6. The van der Waals surface area contributed by atoms with E-state index < -0.39 is 0 Å². The van der Waals surface area contributed by atoms with E-state index in [1.165, 1.54) is 16.9 Å². The number of hydrogen-bond acceptors (Lipinski definition) is 2.